The van der Waals surface area contributed by atoms with Crippen LogP contribution < -0.4 is 5.32 Å². The van der Waals surface area contributed by atoms with Gasteiger partial charge in [0.05, 0.1) is 12.9 Å². The fourth-order valence-electron chi connectivity index (χ4n) is 3.12. The van der Waals surface area contributed by atoms with E-state index in [1.165, 1.54) is 29.4 Å². The molecule has 1 saturated heterocycles. The van der Waals surface area contributed by atoms with E-state index < -0.39 is 37.0 Å². The molecule has 0 bridgehead atoms. The van der Waals surface area contributed by atoms with Crippen molar-refractivity contribution in [3.63, 3.8) is 0 Å². The molecule has 9 nitrogen and oxygen atoms in total. The first kappa shape index (κ1) is 19.0. The van der Waals surface area contributed by atoms with Crippen molar-refractivity contribution < 1.29 is 24.4 Å². The molecule has 4 rings (SSSR count). The Morgan fingerprint density at radius 3 is 2.75 bits per heavy atom. The molecule has 0 unspecified atom stereocenters. The van der Waals surface area contributed by atoms with E-state index in [1.807, 2.05) is 0 Å². The first-order valence-electron chi connectivity index (χ1n) is 8.47. The van der Waals surface area contributed by atoms with Gasteiger partial charge in [-0.3, -0.25) is 4.57 Å². The van der Waals surface area contributed by atoms with Crippen LogP contribution in [0.2, 0.25) is 5.02 Å². The number of aromatic nitrogens is 4. The fraction of sp³-hybridized carbons (Fsp3) is 0.353. The largest absolute Gasteiger partial charge is 0.394 e. The van der Waals surface area contributed by atoms with Gasteiger partial charge in [0.1, 0.15) is 30.5 Å². The highest BCUT2D eigenvalue weighted by molar-refractivity contribution is 6.31. The third kappa shape index (κ3) is 3.29. The van der Waals surface area contributed by atoms with Crippen molar-refractivity contribution in [2.24, 2.45) is 0 Å². The molecule has 1 fully saturated rings. The third-order valence-corrected chi connectivity index (χ3v) is 4.96. The summed E-state index contributed by atoms with van der Waals surface area (Å²) in [5.74, 6) is -0.00806. The zero-order valence-corrected chi connectivity index (χ0v) is 15.2. The van der Waals surface area contributed by atoms with Gasteiger partial charge in [-0.25, -0.2) is 19.3 Å². The highest BCUT2D eigenvalue weighted by Crippen LogP contribution is 2.32. The first-order chi connectivity index (χ1) is 13.5. The number of halogens is 2. The molecule has 1 aromatic carbocycles. The van der Waals surface area contributed by atoms with E-state index in [0.717, 1.165) is 0 Å². The van der Waals surface area contributed by atoms with Crippen LogP contribution >= 0.6 is 11.6 Å². The second-order valence-corrected chi connectivity index (χ2v) is 6.77. The van der Waals surface area contributed by atoms with Crippen molar-refractivity contribution in [2.45, 2.75) is 31.1 Å². The second-order valence-electron chi connectivity index (χ2n) is 6.36. The molecule has 3 aromatic rings. The molecular weight excluding hydrogens is 393 g/mol. The van der Waals surface area contributed by atoms with Crippen LogP contribution in [0.3, 0.4) is 0 Å². The lowest BCUT2D eigenvalue weighted by Gasteiger charge is -2.16. The van der Waals surface area contributed by atoms with Gasteiger partial charge in [-0.05, 0) is 17.7 Å². The topological polar surface area (TPSA) is 126 Å². The van der Waals surface area contributed by atoms with E-state index in [-0.39, 0.29) is 11.6 Å². The normalized spacial score (nSPS) is 24.8. The molecular formula is C17H17ClFN5O4. The number of benzene rings is 1. The summed E-state index contributed by atoms with van der Waals surface area (Å²) in [6.07, 6.45) is -1.61. The summed E-state index contributed by atoms with van der Waals surface area (Å²) >= 11 is 6.04. The number of hydrogen-bond donors (Lipinski definition) is 4. The molecule has 0 saturated carbocycles. The van der Waals surface area contributed by atoms with Crippen LogP contribution in [0.25, 0.3) is 11.2 Å². The molecule has 0 amide bonds. The second kappa shape index (κ2) is 7.57. The Hall–Kier alpha value is -2.37. The van der Waals surface area contributed by atoms with Gasteiger partial charge in [-0.2, -0.15) is 0 Å². The number of hydrogen-bond acceptors (Lipinski definition) is 8. The van der Waals surface area contributed by atoms with E-state index in [2.05, 4.69) is 20.3 Å². The molecule has 2 aromatic heterocycles. The summed E-state index contributed by atoms with van der Waals surface area (Å²) < 4.78 is 20.2. The lowest BCUT2D eigenvalue weighted by Crippen LogP contribution is -2.33. The zero-order chi connectivity index (χ0) is 19.8. The molecule has 11 heteroatoms. The van der Waals surface area contributed by atoms with Crippen LogP contribution in [0.1, 0.15) is 11.8 Å². The number of nitrogens with zero attached hydrogens (tertiary/aromatic N) is 4. The monoisotopic (exact) mass is 409 g/mol. The maximum absolute atomic E-state index is 13.2. The van der Waals surface area contributed by atoms with Crippen molar-refractivity contribution in [3.8, 4) is 0 Å². The van der Waals surface area contributed by atoms with E-state index in [0.29, 0.717) is 22.5 Å². The van der Waals surface area contributed by atoms with Crippen molar-refractivity contribution in [1.29, 1.82) is 0 Å². The number of nitrogens with one attached hydrogen (secondary N) is 1. The molecule has 28 heavy (non-hydrogen) atoms. The SMILES string of the molecule is OC[C@H]1O[C@@H](n2cnc3c(NCc4ccc(F)cc4Cl)ncnc32)[C@H](O)[C@@H]1O. The van der Waals surface area contributed by atoms with Gasteiger partial charge in [0.15, 0.2) is 23.2 Å². The minimum Gasteiger partial charge on any atom is -0.394 e. The van der Waals surface area contributed by atoms with E-state index in [9.17, 15) is 19.7 Å². The minimum absolute atomic E-state index is 0.284. The highest BCUT2D eigenvalue weighted by atomic mass is 35.5. The zero-order valence-electron chi connectivity index (χ0n) is 14.4. The van der Waals surface area contributed by atoms with Gasteiger partial charge in [-0.1, -0.05) is 17.7 Å². The van der Waals surface area contributed by atoms with Gasteiger partial charge in [0.25, 0.3) is 0 Å². The van der Waals surface area contributed by atoms with Gasteiger partial charge >= 0.3 is 0 Å². The Morgan fingerprint density at radius 1 is 1.21 bits per heavy atom. The summed E-state index contributed by atoms with van der Waals surface area (Å²) in [7, 11) is 0. The molecule has 0 aliphatic carbocycles. The average Bonchev–Trinajstić information content (AvgIpc) is 3.23. The Labute approximate surface area is 163 Å². The van der Waals surface area contributed by atoms with E-state index >= 15 is 0 Å². The first-order valence-corrected chi connectivity index (χ1v) is 8.85. The predicted octanol–water partition coefficient (Wildman–Crippen LogP) is 0.842. The number of ether oxygens (including phenoxy) is 1. The van der Waals surface area contributed by atoms with Crippen LogP contribution in [0, 0.1) is 5.82 Å². The lowest BCUT2D eigenvalue weighted by molar-refractivity contribution is -0.0511. The number of imidazole rings is 1. The molecule has 0 radical (unpaired) electrons. The molecule has 1 aliphatic heterocycles. The Bertz CT molecular complexity index is 1000. The Balaban J connectivity index is 1.60. The summed E-state index contributed by atoms with van der Waals surface area (Å²) in [4.78, 5) is 12.6. The Morgan fingerprint density at radius 2 is 2.04 bits per heavy atom. The summed E-state index contributed by atoms with van der Waals surface area (Å²) in [6, 6.07) is 4.11. The van der Waals surface area contributed by atoms with Gasteiger partial charge in [-0.15, -0.1) is 0 Å². The number of aliphatic hydroxyl groups is 3. The van der Waals surface area contributed by atoms with E-state index in [1.54, 1.807) is 6.07 Å². The van der Waals surface area contributed by atoms with Crippen LogP contribution in [-0.4, -0.2) is 59.8 Å². The summed E-state index contributed by atoms with van der Waals surface area (Å²) in [5.41, 5.74) is 1.47. The van der Waals surface area contributed by atoms with Crippen LogP contribution in [0.4, 0.5) is 10.2 Å². The minimum atomic E-state index is -1.25. The third-order valence-electron chi connectivity index (χ3n) is 4.61. The number of anilines is 1. The summed E-state index contributed by atoms with van der Waals surface area (Å²) in [6.45, 7) is -0.145. The number of aliphatic hydroxyl groups excluding tert-OH is 3. The maximum atomic E-state index is 13.2. The smallest absolute Gasteiger partial charge is 0.167 e. The average molecular weight is 410 g/mol. The van der Waals surface area contributed by atoms with Crippen molar-refractivity contribution in [3.05, 3.63) is 47.3 Å². The quantitative estimate of drug-likeness (QED) is 0.488. The predicted molar refractivity (Wildman–Crippen MR) is 97.1 cm³/mol. The lowest BCUT2D eigenvalue weighted by atomic mass is 10.1. The molecule has 148 valence electrons. The maximum Gasteiger partial charge on any atom is 0.167 e. The highest BCUT2D eigenvalue weighted by Gasteiger charge is 2.44. The van der Waals surface area contributed by atoms with Crippen LogP contribution in [-0.2, 0) is 11.3 Å². The molecule has 0 spiro atoms. The molecule has 3 heterocycles. The number of fused-ring (bicyclic) bond motifs is 1. The summed E-state index contributed by atoms with van der Waals surface area (Å²) in [5, 5.41) is 32.8. The van der Waals surface area contributed by atoms with Gasteiger partial charge in [0.2, 0.25) is 0 Å². The van der Waals surface area contributed by atoms with Crippen molar-refractivity contribution >= 4 is 28.6 Å². The van der Waals surface area contributed by atoms with Crippen LogP contribution in [0.5, 0.6) is 0 Å². The Kier molecular flexibility index (Phi) is 5.13. The fourth-order valence-corrected chi connectivity index (χ4v) is 3.36. The van der Waals surface area contributed by atoms with E-state index in [4.69, 9.17) is 16.3 Å². The molecule has 4 N–H and O–H groups in total. The van der Waals surface area contributed by atoms with Crippen LogP contribution in [0.15, 0.2) is 30.9 Å². The number of rotatable bonds is 5. The van der Waals surface area contributed by atoms with Crippen molar-refractivity contribution in [1.82, 2.24) is 19.5 Å². The van der Waals surface area contributed by atoms with Gasteiger partial charge in [0, 0.05) is 11.6 Å². The van der Waals surface area contributed by atoms with Crippen molar-refractivity contribution in [2.75, 3.05) is 11.9 Å². The molecule has 1 aliphatic rings. The molecule has 4 atom stereocenters. The standard InChI is InChI=1S/C17H17ClFN5O4/c18-10-3-9(19)2-1-8(10)4-20-15-12-16(22-6-21-15)24(7-23-12)17-14(27)13(26)11(5-25)28-17/h1-3,6-7,11,13-14,17,25-27H,4-5H2,(H,20,21,22)/t11-,13-,14-,17-/m1/s1. The van der Waals surface area contributed by atoms with Gasteiger partial charge < -0.3 is 25.4 Å².